The Bertz CT molecular complexity index is 386. The Balaban J connectivity index is 2.04. The minimum atomic E-state index is -0.471. The maximum absolute atomic E-state index is 12.3. The van der Waals surface area contributed by atoms with Gasteiger partial charge in [0.2, 0.25) is 5.91 Å². The molecule has 2 fully saturated rings. The summed E-state index contributed by atoms with van der Waals surface area (Å²) >= 11 is 0. The van der Waals surface area contributed by atoms with Crippen LogP contribution in [-0.2, 0) is 9.53 Å². The van der Waals surface area contributed by atoms with Crippen LogP contribution < -0.4 is 0 Å². The first-order chi connectivity index (χ1) is 9.19. The second kappa shape index (κ2) is 5.26. The van der Waals surface area contributed by atoms with Crippen molar-refractivity contribution in [2.45, 2.75) is 65.1 Å². The van der Waals surface area contributed by atoms with E-state index in [2.05, 4.69) is 0 Å². The van der Waals surface area contributed by atoms with Crippen LogP contribution in [-0.4, -0.2) is 52.6 Å². The Labute approximate surface area is 121 Å². The molecule has 2 aliphatic heterocycles. The fourth-order valence-electron chi connectivity index (χ4n) is 3.06. The Morgan fingerprint density at radius 2 is 1.60 bits per heavy atom. The monoisotopic (exact) mass is 282 g/mol. The summed E-state index contributed by atoms with van der Waals surface area (Å²) in [4.78, 5) is 28.2. The number of carbonyl (C=O) groups excluding carboxylic acids is 2. The van der Waals surface area contributed by atoms with E-state index in [9.17, 15) is 9.59 Å². The summed E-state index contributed by atoms with van der Waals surface area (Å²) in [7, 11) is 0. The van der Waals surface area contributed by atoms with Crippen LogP contribution in [0.1, 0.15) is 47.5 Å². The molecule has 2 amide bonds. The number of piperazine rings is 1. The van der Waals surface area contributed by atoms with Crippen LogP contribution >= 0.6 is 0 Å². The lowest BCUT2D eigenvalue weighted by Crippen LogP contribution is -2.58. The summed E-state index contributed by atoms with van der Waals surface area (Å²) < 4.78 is 5.48. The number of amides is 2. The van der Waals surface area contributed by atoms with E-state index in [0.29, 0.717) is 13.1 Å². The highest BCUT2D eigenvalue weighted by Crippen LogP contribution is 2.32. The van der Waals surface area contributed by atoms with Crippen molar-refractivity contribution in [1.82, 2.24) is 9.80 Å². The second-order valence-corrected chi connectivity index (χ2v) is 7.17. The molecule has 2 aliphatic rings. The molecular weight excluding hydrogens is 256 g/mol. The molecule has 0 aromatic heterocycles. The van der Waals surface area contributed by atoms with Gasteiger partial charge in [0.1, 0.15) is 5.60 Å². The number of likely N-dealkylation sites (tertiary alicyclic amines) is 1. The first kappa shape index (κ1) is 15.1. The molecule has 0 N–H and O–H groups in total. The lowest BCUT2D eigenvalue weighted by Gasteiger charge is -2.41. The largest absolute Gasteiger partial charge is 0.444 e. The Kier molecular flexibility index (Phi) is 3.98. The van der Waals surface area contributed by atoms with Crippen molar-refractivity contribution in [3.63, 3.8) is 0 Å². The third-order valence-corrected chi connectivity index (χ3v) is 3.89. The topological polar surface area (TPSA) is 49.9 Å². The maximum Gasteiger partial charge on any atom is 0.410 e. The summed E-state index contributed by atoms with van der Waals surface area (Å²) in [5, 5.41) is 0. The minimum Gasteiger partial charge on any atom is -0.444 e. The SMILES string of the molecule is CC(C)C(=O)N1CC2CCC(C1)N2C(=O)OC(C)(C)C. The molecular formula is C15H26N2O3. The minimum absolute atomic E-state index is 0.0162. The van der Waals surface area contributed by atoms with E-state index >= 15 is 0 Å². The predicted molar refractivity (Wildman–Crippen MR) is 76.3 cm³/mol. The maximum atomic E-state index is 12.3. The molecule has 20 heavy (non-hydrogen) atoms. The molecule has 2 rings (SSSR count). The highest BCUT2D eigenvalue weighted by molar-refractivity contribution is 5.79. The van der Waals surface area contributed by atoms with Crippen LogP contribution in [0, 0.1) is 5.92 Å². The Morgan fingerprint density at radius 1 is 1.10 bits per heavy atom. The van der Waals surface area contributed by atoms with Gasteiger partial charge in [-0.1, -0.05) is 13.8 Å². The molecule has 0 saturated carbocycles. The molecule has 0 aromatic carbocycles. The van der Waals surface area contributed by atoms with Crippen molar-refractivity contribution in [2.75, 3.05) is 13.1 Å². The van der Waals surface area contributed by atoms with Gasteiger partial charge < -0.3 is 9.64 Å². The quantitative estimate of drug-likeness (QED) is 0.741. The summed E-state index contributed by atoms with van der Waals surface area (Å²) in [5.74, 6) is 0.202. The average Bonchev–Trinajstić information content (AvgIpc) is 2.57. The molecule has 0 aliphatic carbocycles. The first-order valence-corrected chi connectivity index (χ1v) is 7.49. The fourth-order valence-corrected chi connectivity index (χ4v) is 3.06. The standard InChI is InChI=1S/C15H26N2O3/c1-10(2)13(18)16-8-11-6-7-12(9-16)17(11)14(19)20-15(3,4)5/h10-12H,6-9H2,1-5H3. The molecule has 0 spiro atoms. The van der Waals surface area contributed by atoms with Gasteiger partial charge in [-0.25, -0.2) is 4.79 Å². The van der Waals surface area contributed by atoms with E-state index in [-0.39, 0.29) is 30.0 Å². The smallest absolute Gasteiger partial charge is 0.410 e. The summed E-state index contributed by atoms with van der Waals surface area (Å²) in [5.41, 5.74) is -0.471. The third-order valence-electron chi connectivity index (χ3n) is 3.89. The molecule has 2 unspecified atom stereocenters. The zero-order valence-corrected chi connectivity index (χ0v) is 13.2. The normalized spacial score (nSPS) is 26.1. The van der Waals surface area contributed by atoms with E-state index in [1.54, 1.807) is 0 Å². The van der Waals surface area contributed by atoms with Gasteiger partial charge >= 0.3 is 6.09 Å². The molecule has 0 aromatic rings. The van der Waals surface area contributed by atoms with Gasteiger partial charge in [0.15, 0.2) is 0 Å². The number of rotatable bonds is 1. The van der Waals surface area contributed by atoms with E-state index in [4.69, 9.17) is 4.74 Å². The number of carbonyl (C=O) groups is 2. The predicted octanol–water partition coefficient (Wildman–Crippen LogP) is 2.25. The zero-order valence-electron chi connectivity index (χ0n) is 13.2. The van der Waals surface area contributed by atoms with Crippen LogP contribution in [0.3, 0.4) is 0 Å². The molecule has 5 nitrogen and oxygen atoms in total. The van der Waals surface area contributed by atoms with Gasteiger partial charge in [-0.05, 0) is 33.6 Å². The van der Waals surface area contributed by atoms with E-state index in [1.165, 1.54) is 0 Å². The van der Waals surface area contributed by atoms with Gasteiger partial charge in [0.25, 0.3) is 0 Å². The second-order valence-electron chi connectivity index (χ2n) is 7.17. The van der Waals surface area contributed by atoms with Gasteiger partial charge in [0, 0.05) is 19.0 Å². The molecule has 0 radical (unpaired) electrons. The number of ether oxygens (including phenoxy) is 1. The highest BCUT2D eigenvalue weighted by atomic mass is 16.6. The van der Waals surface area contributed by atoms with Crippen molar-refractivity contribution in [3.05, 3.63) is 0 Å². The third kappa shape index (κ3) is 3.07. The van der Waals surface area contributed by atoms with Crippen molar-refractivity contribution in [1.29, 1.82) is 0 Å². The lowest BCUT2D eigenvalue weighted by atomic mass is 10.1. The van der Waals surface area contributed by atoms with E-state index in [1.807, 2.05) is 44.4 Å². The van der Waals surface area contributed by atoms with Crippen LogP contribution in [0.15, 0.2) is 0 Å². The molecule has 2 bridgehead atoms. The average molecular weight is 282 g/mol. The Hall–Kier alpha value is -1.26. The van der Waals surface area contributed by atoms with Crippen LogP contribution in [0.5, 0.6) is 0 Å². The summed E-state index contributed by atoms with van der Waals surface area (Å²) in [6.45, 7) is 10.8. The van der Waals surface area contributed by atoms with Crippen LogP contribution in [0.4, 0.5) is 4.79 Å². The van der Waals surface area contributed by atoms with Gasteiger partial charge in [0.05, 0.1) is 12.1 Å². The molecule has 5 heteroatoms. The van der Waals surface area contributed by atoms with Gasteiger partial charge in [-0.2, -0.15) is 0 Å². The Morgan fingerprint density at radius 3 is 2.00 bits per heavy atom. The van der Waals surface area contributed by atoms with Gasteiger partial charge in [-0.3, -0.25) is 9.69 Å². The van der Waals surface area contributed by atoms with E-state index < -0.39 is 5.60 Å². The van der Waals surface area contributed by atoms with Crippen molar-refractivity contribution in [2.24, 2.45) is 5.92 Å². The summed E-state index contributed by atoms with van der Waals surface area (Å²) in [6, 6.07) is 0.234. The zero-order chi connectivity index (χ0) is 15.1. The molecule has 2 atom stereocenters. The van der Waals surface area contributed by atoms with E-state index in [0.717, 1.165) is 12.8 Å². The number of nitrogens with zero attached hydrogens (tertiary/aromatic N) is 2. The van der Waals surface area contributed by atoms with Crippen LogP contribution in [0.2, 0.25) is 0 Å². The summed E-state index contributed by atoms with van der Waals surface area (Å²) in [6.07, 6.45) is 1.69. The molecule has 2 saturated heterocycles. The lowest BCUT2D eigenvalue weighted by molar-refractivity contribution is -0.137. The number of fused-ring (bicyclic) bond motifs is 2. The van der Waals surface area contributed by atoms with Crippen LogP contribution in [0.25, 0.3) is 0 Å². The van der Waals surface area contributed by atoms with Crippen molar-refractivity contribution >= 4 is 12.0 Å². The number of hydrogen-bond donors (Lipinski definition) is 0. The van der Waals surface area contributed by atoms with Crippen molar-refractivity contribution < 1.29 is 14.3 Å². The van der Waals surface area contributed by atoms with Gasteiger partial charge in [-0.15, -0.1) is 0 Å². The fraction of sp³-hybridized carbons (Fsp3) is 0.867. The number of hydrogen-bond acceptors (Lipinski definition) is 3. The highest BCUT2D eigenvalue weighted by Gasteiger charge is 2.45. The first-order valence-electron chi connectivity index (χ1n) is 7.49. The molecule has 114 valence electrons. The molecule has 2 heterocycles. The van der Waals surface area contributed by atoms with Crippen molar-refractivity contribution in [3.8, 4) is 0 Å².